The van der Waals surface area contributed by atoms with E-state index in [1.807, 2.05) is 6.07 Å². The Hall–Kier alpha value is -1.56. The van der Waals surface area contributed by atoms with Crippen molar-refractivity contribution in [2.45, 2.75) is 58.0 Å². The minimum absolute atomic E-state index is 0.139. The highest BCUT2D eigenvalue weighted by molar-refractivity contribution is 7.54. The summed E-state index contributed by atoms with van der Waals surface area (Å²) >= 11 is 0. The van der Waals surface area contributed by atoms with E-state index < -0.39 is 24.1 Å². The molecule has 8 heteroatoms. The molecule has 3 N–H and O–H groups in total. The van der Waals surface area contributed by atoms with Gasteiger partial charge in [-0.25, -0.2) is 0 Å². The van der Waals surface area contributed by atoms with Crippen molar-refractivity contribution in [1.29, 1.82) is 0 Å². The molecule has 0 amide bonds. The Balaban J connectivity index is 3.35. The summed E-state index contributed by atoms with van der Waals surface area (Å²) in [6.45, 7) is 5.12. The predicted molar refractivity (Wildman–Crippen MR) is 104 cm³/mol. The van der Waals surface area contributed by atoms with E-state index in [1.165, 1.54) is 14.0 Å². The van der Waals surface area contributed by atoms with Gasteiger partial charge in [-0.2, -0.15) is 0 Å². The number of carbonyl (C=O) groups is 1. The third kappa shape index (κ3) is 4.15. The van der Waals surface area contributed by atoms with Crippen LogP contribution in [-0.4, -0.2) is 40.2 Å². The van der Waals surface area contributed by atoms with Crippen LogP contribution >= 0.6 is 7.60 Å². The van der Waals surface area contributed by atoms with E-state index in [1.54, 1.807) is 33.1 Å². The van der Waals surface area contributed by atoms with Crippen molar-refractivity contribution in [3.05, 3.63) is 23.8 Å². The quantitative estimate of drug-likeness (QED) is 0.482. The Morgan fingerprint density at radius 1 is 1.04 bits per heavy atom. The average Bonchev–Trinajstić information content (AvgIpc) is 2.63. The maximum atomic E-state index is 12.4. The highest BCUT2D eigenvalue weighted by atomic mass is 31.2. The van der Waals surface area contributed by atoms with Gasteiger partial charge in [-0.05, 0) is 55.2 Å². The molecule has 1 rings (SSSR count). The average molecular weight is 402 g/mol. The standard InChI is InChI=1S/C19H31O7P/c1-6-18(7-2,19(8-3,17(20)21)27(22,23)24)12-11-14-9-10-15(25-4)16(13-14)26-5/h9-10,13H,6-8,11-12H2,1-5H3,(H,20,21)(H2,22,23,24). The molecule has 1 aromatic rings. The molecule has 0 spiro atoms. The highest BCUT2D eigenvalue weighted by Gasteiger charge is 2.64. The number of aryl methyl sites for hydroxylation is 1. The van der Waals surface area contributed by atoms with Crippen LogP contribution in [0.5, 0.6) is 11.5 Å². The zero-order chi connectivity index (χ0) is 20.9. The first-order valence-corrected chi connectivity index (χ1v) is 10.7. The molecule has 154 valence electrons. The van der Waals surface area contributed by atoms with E-state index >= 15 is 0 Å². The lowest BCUT2D eigenvalue weighted by molar-refractivity contribution is -0.146. The van der Waals surface area contributed by atoms with Gasteiger partial charge in [-0.3, -0.25) is 9.36 Å². The van der Waals surface area contributed by atoms with Crippen LogP contribution in [0.1, 0.15) is 52.0 Å². The summed E-state index contributed by atoms with van der Waals surface area (Å²) in [6.07, 6.45) is 1.36. The van der Waals surface area contributed by atoms with Crippen molar-refractivity contribution >= 4 is 13.6 Å². The molecule has 0 radical (unpaired) electrons. The van der Waals surface area contributed by atoms with E-state index in [9.17, 15) is 24.3 Å². The molecule has 0 bridgehead atoms. The van der Waals surface area contributed by atoms with Crippen molar-refractivity contribution in [1.82, 2.24) is 0 Å². The second-order valence-electron chi connectivity index (χ2n) is 6.74. The van der Waals surface area contributed by atoms with Crippen LogP contribution < -0.4 is 9.47 Å². The molecule has 0 aliphatic heterocycles. The monoisotopic (exact) mass is 402 g/mol. The van der Waals surface area contributed by atoms with Gasteiger partial charge in [-0.15, -0.1) is 0 Å². The van der Waals surface area contributed by atoms with Crippen LogP contribution in [0, 0.1) is 5.41 Å². The Bertz CT molecular complexity index is 693. The number of ether oxygens (including phenoxy) is 2. The second kappa shape index (κ2) is 9.09. The van der Waals surface area contributed by atoms with E-state index in [0.29, 0.717) is 37.2 Å². The number of hydrogen-bond acceptors (Lipinski definition) is 4. The fourth-order valence-corrected chi connectivity index (χ4v) is 5.91. The summed E-state index contributed by atoms with van der Waals surface area (Å²) < 4.78 is 22.9. The van der Waals surface area contributed by atoms with Crippen LogP contribution in [-0.2, 0) is 15.8 Å². The van der Waals surface area contributed by atoms with E-state index in [2.05, 4.69) is 0 Å². The highest BCUT2D eigenvalue weighted by Crippen LogP contribution is 2.64. The fourth-order valence-electron chi connectivity index (χ4n) is 4.21. The molecule has 27 heavy (non-hydrogen) atoms. The second-order valence-corrected chi connectivity index (χ2v) is 8.59. The van der Waals surface area contributed by atoms with Crippen molar-refractivity contribution < 1.29 is 33.7 Å². The summed E-state index contributed by atoms with van der Waals surface area (Å²) in [5, 5.41) is 7.77. The van der Waals surface area contributed by atoms with Crippen LogP contribution in [0.4, 0.5) is 0 Å². The van der Waals surface area contributed by atoms with Crippen molar-refractivity contribution in [3.8, 4) is 11.5 Å². The minimum Gasteiger partial charge on any atom is -0.493 e. The Kier molecular flexibility index (Phi) is 7.90. The maximum Gasteiger partial charge on any atom is 0.343 e. The van der Waals surface area contributed by atoms with E-state index in [-0.39, 0.29) is 6.42 Å². The fraction of sp³-hybridized carbons (Fsp3) is 0.632. The first kappa shape index (κ1) is 23.5. The number of carboxylic acid groups (broad SMARTS) is 1. The molecule has 0 aromatic heterocycles. The summed E-state index contributed by atoms with van der Waals surface area (Å²) in [4.78, 5) is 32.2. The maximum absolute atomic E-state index is 12.4. The first-order valence-electron chi connectivity index (χ1n) is 9.09. The number of rotatable bonds is 11. The third-order valence-corrected chi connectivity index (χ3v) is 7.91. The van der Waals surface area contributed by atoms with Gasteiger partial charge in [0, 0.05) is 0 Å². The zero-order valence-corrected chi connectivity index (χ0v) is 17.6. The molecule has 0 saturated heterocycles. The van der Waals surface area contributed by atoms with Crippen molar-refractivity contribution in [2.75, 3.05) is 14.2 Å². The third-order valence-electron chi connectivity index (χ3n) is 5.93. The molecule has 0 heterocycles. The lowest BCUT2D eigenvalue weighted by Crippen LogP contribution is -2.53. The lowest BCUT2D eigenvalue weighted by atomic mass is 9.66. The van der Waals surface area contributed by atoms with Gasteiger partial charge in [0.25, 0.3) is 0 Å². The molecule has 0 saturated carbocycles. The minimum atomic E-state index is -4.91. The molecule has 1 unspecified atom stereocenters. The first-order chi connectivity index (χ1) is 12.6. The molecule has 0 aliphatic carbocycles. The van der Waals surface area contributed by atoms with Crippen molar-refractivity contribution in [3.63, 3.8) is 0 Å². The Labute approximate surface area is 160 Å². The zero-order valence-electron chi connectivity index (χ0n) is 16.7. The number of hydrogen-bond donors (Lipinski definition) is 3. The van der Waals surface area contributed by atoms with Gasteiger partial charge in [0.05, 0.1) is 14.2 Å². The molecule has 0 fully saturated rings. The SMILES string of the molecule is CCC(CC)(CCc1ccc(OC)c(OC)c1)C(CC)(C(=O)O)P(=O)(O)O. The predicted octanol–water partition coefficient (Wildman–Crippen LogP) is 3.85. The van der Waals surface area contributed by atoms with Gasteiger partial charge in [0.1, 0.15) is 0 Å². The molecule has 1 aromatic carbocycles. The number of benzene rings is 1. The number of carboxylic acids is 1. The van der Waals surface area contributed by atoms with Gasteiger partial charge in [0.2, 0.25) is 0 Å². The van der Waals surface area contributed by atoms with Gasteiger partial charge < -0.3 is 24.4 Å². The van der Waals surface area contributed by atoms with Gasteiger partial charge >= 0.3 is 13.6 Å². The van der Waals surface area contributed by atoms with Gasteiger partial charge in [-0.1, -0.05) is 26.8 Å². The summed E-state index contributed by atoms with van der Waals surface area (Å²) in [5.41, 5.74) is -0.153. The number of methoxy groups -OCH3 is 2. The van der Waals surface area contributed by atoms with E-state index in [4.69, 9.17) is 9.47 Å². The topological polar surface area (TPSA) is 113 Å². The van der Waals surface area contributed by atoms with Crippen LogP contribution in [0.25, 0.3) is 0 Å². The number of aliphatic carboxylic acids is 1. The molecular weight excluding hydrogens is 371 g/mol. The largest absolute Gasteiger partial charge is 0.493 e. The van der Waals surface area contributed by atoms with Crippen LogP contribution in [0.15, 0.2) is 18.2 Å². The smallest absolute Gasteiger partial charge is 0.343 e. The lowest BCUT2D eigenvalue weighted by Gasteiger charge is -2.47. The normalized spacial score (nSPS) is 14.5. The summed E-state index contributed by atoms with van der Waals surface area (Å²) in [6, 6.07) is 5.42. The molecule has 0 aliphatic rings. The van der Waals surface area contributed by atoms with Crippen LogP contribution in [0.2, 0.25) is 0 Å². The summed E-state index contributed by atoms with van der Waals surface area (Å²) in [7, 11) is -1.84. The van der Waals surface area contributed by atoms with Crippen molar-refractivity contribution in [2.24, 2.45) is 5.41 Å². The molecule has 1 atom stereocenters. The molecule has 7 nitrogen and oxygen atoms in total. The molecular formula is C19H31O7P. The Morgan fingerprint density at radius 3 is 1.96 bits per heavy atom. The van der Waals surface area contributed by atoms with E-state index in [0.717, 1.165) is 5.56 Å². The van der Waals surface area contributed by atoms with Crippen LogP contribution in [0.3, 0.4) is 0 Å². The Morgan fingerprint density at radius 2 is 1.59 bits per heavy atom. The van der Waals surface area contributed by atoms with Gasteiger partial charge in [0.15, 0.2) is 16.7 Å². The summed E-state index contributed by atoms with van der Waals surface area (Å²) in [5.74, 6) is -0.292.